The summed E-state index contributed by atoms with van der Waals surface area (Å²) in [5.41, 5.74) is 13.1. The Kier molecular flexibility index (Phi) is 7.32. The van der Waals surface area contributed by atoms with Gasteiger partial charge in [-0.3, -0.25) is 0 Å². The Hall–Kier alpha value is -7.56. The van der Waals surface area contributed by atoms with E-state index >= 15 is 0 Å². The molecule has 12 rings (SSSR count). The van der Waals surface area contributed by atoms with Gasteiger partial charge in [0.2, 0.25) is 0 Å². The minimum absolute atomic E-state index is 0.200. The second kappa shape index (κ2) is 13.0. The summed E-state index contributed by atoms with van der Waals surface area (Å²) in [6.45, 7) is 0. The highest BCUT2D eigenvalue weighted by Gasteiger charge is 2.22. The van der Waals surface area contributed by atoms with Gasteiger partial charge < -0.3 is 18.6 Å². The number of hydrogen-bond acceptors (Lipinski definition) is 1. The van der Waals surface area contributed by atoms with Gasteiger partial charge >= 0.3 is 0 Å². The number of nitrogens with zero attached hydrogens (tertiary/aromatic N) is 4. The van der Waals surface area contributed by atoms with Crippen molar-refractivity contribution in [2.45, 2.75) is 12.5 Å². The van der Waals surface area contributed by atoms with Gasteiger partial charge in [-0.25, -0.2) is 0 Å². The van der Waals surface area contributed by atoms with Gasteiger partial charge in [-0.05, 0) is 97.4 Å². The number of fused-ring (bicyclic) bond motifs is 9. The molecule has 3 heterocycles. The van der Waals surface area contributed by atoms with Crippen molar-refractivity contribution in [1.29, 1.82) is 0 Å². The fraction of sp³-hybridized carbons (Fsp3) is 0.0370. The molecule has 0 spiro atoms. The molecular formula is C54H38N4. The molecular weight excluding hydrogens is 705 g/mol. The van der Waals surface area contributed by atoms with Gasteiger partial charge in [0, 0.05) is 71.8 Å². The number of allylic oxidation sites excluding steroid dienone is 3. The first-order valence-electron chi connectivity index (χ1n) is 20.1. The molecule has 0 bridgehead atoms. The smallest absolute Gasteiger partial charge is 0.0561 e. The molecule has 11 aromatic rings. The Morgan fingerprint density at radius 3 is 1.03 bits per heavy atom. The molecule has 58 heavy (non-hydrogen) atoms. The van der Waals surface area contributed by atoms with Crippen molar-refractivity contribution in [1.82, 2.24) is 13.7 Å². The average Bonchev–Trinajstić information content (AvgIpc) is 3.93. The largest absolute Gasteiger partial charge is 0.333 e. The third-order valence-electron chi connectivity index (χ3n) is 12.2. The Bertz CT molecular complexity index is 3110. The summed E-state index contributed by atoms with van der Waals surface area (Å²) in [5.74, 6) is 0. The predicted molar refractivity (Wildman–Crippen MR) is 244 cm³/mol. The molecule has 0 amide bonds. The van der Waals surface area contributed by atoms with Crippen molar-refractivity contribution in [3.05, 3.63) is 218 Å². The van der Waals surface area contributed by atoms with Crippen LogP contribution in [0.1, 0.15) is 12.5 Å². The van der Waals surface area contributed by atoms with Crippen LogP contribution in [0.25, 0.3) is 76.8 Å². The third kappa shape index (κ3) is 4.95. The van der Waals surface area contributed by atoms with E-state index in [1.807, 2.05) is 0 Å². The van der Waals surface area contributed by atoms with Gasteiger partial charge in [0.25, 0.3) is 0 Å². The quantitative estimate of drug-likeness (QED) is 0.166. The van der Waals surface area contributed by atoms with E-state index in [1.165, 1.54) is 65.4 Å². The van der Waals surface area contributed by atoms with E-state index in [4.69, 9.17) is 0 Å². The molecule has 0 fully saturated rings. The number of aromatic nitrogens is 3. The topological polar surface area (TPSA) is 18.0 Å². The first-order chi connectivity index (χ1) is 28.8. The second-order valence-electron chi connectivity index (χ2n) is 15.3. The molecule has 8 aromatic carbocycles. The molecule has 0 saturated carbocycles. The lowest BCUT2D eigenvalue weighted by Crippen LogP contribution is -2.18. The SMILES string of the molecule is C1=CC(n2c3ccccc3c3ccccc32)CC=C1N(c1ccc(-n2c3ccccc3c3ccccc32)cc1)c1ccc(-n2c3ccccc3c3ccccc32)cc1. The fourth-order valence-electron chi connectivity index (χ4n) is 9.62. The summed E-state index contributed by atoms with van der Waals surface area (Å²) in [5, 5.41) is 7.67. The van der Waals surface area contributed by atoms with Gasteiger partial charge in [0.05, 0.1) is 28.1 Å². The normalized spacial score (nSPS) is 14.3. The van der Waals surface area contributed by atoms with Crippen molar-refractivity contribution in [2.24, 2.45) is 0 Å². The molecule has 0 saturated heterocycles. The molecule has 4 nitrogen and oxygen atoms in total. The molecule has 1 aliphatic carbocycles. The van der Waals surface area contributed by atoms with E-state index in [9.17, 15) is 0 Å². The highest BCUT2D eigenvalue weighted by molar-refractivity contribution is 6.11. The summed E-state index contributed by atoms with van der Waals surface area (Å²) in [6.07, 6.45) is 8.00. The fourth-order valence-corrected chi connectivity index (χ4v) is 9.62. The molecule has 3 aromatic heterocycles. The number of rotatable bonds is 6. The number of hydrogen-bond donors (Lipinski definition) is 0. The lowest BCUT2D eigenvalue weighted by atomic mass is 10.0. The number of anilines is 2. The zero-order valence-electron chi connectivity index (χ0n) is 31.8. The van der Waals surface area contributed by atoms with E-state index in [0.717, 1.165) is 34.9 Å². The highest BCUT2D eigenvalue weighted by Crippen LogP contribution is 2.40. The van der Waals surface area contributed by atoms with E-state index in [-0.39, 0.29) is 6.04 Å². The van der Waals surface area contributed by atoms with Crippen LogP contribution < -0.4 is 4.90 Å². The Balaban J connectivity index is 0.968. The van der Waals surface area contributed by atoms with Crippen molar-refractivity contribution < 1.29 is 0 Å². The zero-order valence-corrected chi connectivity index (χ0v) is 31.8. The van der Waals surface area contributed by atoms with Crippen LogP contribution in [0.5, 0.6) is 0 Å². The van der Waals surface area contributed by atoms with E-state index in [2.05, 4.69) is 231 Å². The monoisotopic (exact) mass is 742 g/mol. The van der Waals surface area contributed by atoms with E-state index in [0.29, 0.717) is 0 Å². The van der Waals surface area contributed by atoms with Gasteiger partial charge in [-0.15, -0.1) is 0 Å². The molecule has 1 aliphatic rings. The second-order valence-corrected chi connectivity index (χ2v) is 15.3. The van der Waals surface area contributed by atoms with Crippen LogP contribution >= 0.6 is 0 Å². The lowest BCUT2D eigenvalue weighted by molar-refractivity contribution is 0.643. The van der Waals surface area contributed by atoms with Crippen molar-refractivity contribution in [3.8, 4) is 11.4 Å². The van der Waals surface area contributed by atoms with Gasteiger partial charge in [-0.2, -0.15) is 0 Å². The molecule has 0 N–H and O–H groups in total. The summed E-state index contributed by atoms with van der Waals surface area (Å²) >= 11 is 0. The molecule has 0 radical (unpaired) electrons. The molecule has 1 unspecified atom stereocenters. The standard InChI is InChI=1S/C54H38N4/c1-7-19-49-43(13-1)44-14-2-8-20-50(44)56(49)40-31-25-37(26-32-40)55(38-27-33-41(34-28-38)57-51-21-9-3-15-45(51)46-16-4-10-22-52(46)57)39-29-35-42(36-30-39)58-53-23-11-5-17-47(53)48-18-6-12-24-54(48)58/h1-35,42H,36H2. The molecule has 0 aliphatic heterocycles. The maximum atomic E-state index is 2.51. The van der Waals surface area contributed by atoms with Crippen LogP contribution in [0, 0.1) is 0 Å². The van der Waals surface area contributed by atoms with Crippen LogP contribution in [0.4, 0.5) is 11.4 Å². The summed E-state index contributed by atoms with van der Waals surface area (Å²) < 4.78 is 7.28. The minimum atomic E-state index is 0.200. The summed E-state index contributed by atoms with van der Waals surface area (Å²) in [6, 6.07) is 70.8. The van der Waals surface area contributed by atoms with Crippen LogP contribution in [0.2, 0.25) is 0 Å². The molecule has 1 atom stereocenters. The maximum Gasteiger partial charge on any atom is 0.0561 e. The van der Waals surface area contributed by atoms with Crippen LogP contribution in [-0.2, 0) is 0 Å². The van der Waals surface area contributed by atoms with Crippen LogP contribution in [-0.4, -0.2) is 13.7 Å². The Labute approximate surface area is 336 Å². The minimum Gasteiger partial charge on any atom is -0.333 e. The van der Waals surface area contributed by atoms with Gasteiger partial charge in [0.15, 0.2) is 0 Å². The van der Waals surface area contributed by atoms with Gasteiger partial charge in [-0.1, -0.05) is 121 Å². The maximum absolute atomic E-state index is 2.51. The summed E-state index contributed by atoms with van der Waals surface area (Å²) in [7, 11) is 0. The summed E-state index contributed by atoms with van der Waals surface area (Å²) in [4.78, 5) is 2.41. The average molecular weight is 743 g/mol. The van der Waals surface area contributed by atoms with E-state index in [1.54, 1.807) is 0 Å². The number of para-hydroxylation sites is 6. The third-order valence-corrected chi connectivity index (χ3v) is 12.2. The first-order valence-corrected chi connectivity index (χ1v) is 20.1. The number of benzene rings is 8. The highest BCUT2D eigenvalue weighted by atomic mass is 15.2. The van der Waals surface area contributed by atoms with Gasteiger partial charge in [0.1, 0.15) is 0 Å². The Morgan fingerprint density at radius 1 is 0.362 bits per heavy atom. The van der Waals surface area contributed by atoms with Crippen LogP contribution in [0.15, 0.2) is 218 Å². The zero-order chi connectivity index (χ0) is 38.2. The van der Waals surface area contributed by atoms with Crippen molar-refractivity contribution in [3.63, 3.8) is 0 Å². The van der Waals surface area contributed by atoms with Crippen LogP contribution in [0.3, 0.4) is 0 Å². The predicted octanol–water partition coefficient (Wildman–Crippen LogP) is 14.2. The van der Waals surface area contributed by atoms with Crippen molar-refractivity contribution >= 4 is 76.8 Å². The first kappa shape index (κ1) is 32.7. The molecule has 4 heteroatoms. The molecule has 274 valence electrons. The van der Waals surface area contributed by atoms with Crippen molar-refractivity contribution in [2.75, 3.05) is 4.90 Å². The lowest BCUT2D eigenvalue weighted by Gasteiger charge is -2.30. The Morgan fingerprint density at radius 2 is 0.690 bits per heavy atom. The van der Waals surface area contributed by atoms with E-state index < -0.39 is 0 Å².